The highest BCUT2D eigenvalue weighted by molar-refractivity contribution is 9.10. The zero-order chi connectivity index (χ0) is 13.2. The van der Waals surface area contributed by atoms with Gasteiger partial charge in [0.25, 0.3) is 0 Å². The largest absolute Gasteiger partial charge is 0.311 e. The van der Waals surface area contributed by atoms with E-state index in [0.717, 1.165) is 34.9 Å². The highest BCUT2D eigenvalue weighted by Crippen LogP contribution is 2.29. The van der Waals surface area contributed by atoms with Crippen molar-refractivity contribution in [3.8, 4) is 5.69 Å². The highest BCUT2D eigenvalue weighted by Gasteiger charge is 2.20. The normalized spacial score (nSPS) is 14.8. The number of halogens is 2. The van der Waals surface area contributed by atoms with Gasteiger partial charge in [-0.05, 0) is 53.4 Å². The van der Waals surface area contributed by atoms with E-state index in [1.807, 2.05) is 24.4 Å². The predicted molar refractivity (Wildman–Crippen MR) is 78.5 cm³/mol. The first-order chi connectivity index (χ1) is 9.24. The number of aromatic nitrogens is 3. The fraction of sp³-hybridized carbons (Fsp3) is 0.385. The van der Waals surface area contributed by atoms with Gasteiger partial charge in [-0.25, -0.2) is 4.68 Å². The summed E-state index contributed by atoms with van der Waals surface area (Å²) in [5.74, 6) is 0.872. The lowest BCUT2D eigenvalue weighted by atomic mass is 10.3. The lowest BCUT2D eigenvalue weighted by Crippen LogP contribution is -2.16. The van der Waals surface area contributed by atoms with Crippen molar-refractivity contribution < 1.29 is 0 Å². The van der Waals surface area contributed by atoms with Gasteiger partial charge in [-0.2, -0.15) is 0 Å². The van der Waals surface area contributed by atoms with Gasteiger partial charge in [-0.15, -0.1) is 5.10 Å². The Morgan fingerprint density at radius 3 is 3.05 bits per heavy atom. The van der Waals surface area contributed by atoms with Crippen LogP contribution in [0.25, 0.3) is 5.69 Å². The number of hydrogen-bond acceptors (Lipinski definition) is 3. The monoisotopic (exact) mass is 340 g/mol. The number of nitrogens with one attached hydrogen (secondary N) is 1. The summed E-state index contributed by atoms with van der Waals surface area (Å²) in [6, 6.07) is 5.69. The summed E-state index contributed by atoms with van der Waals surface area (Å²) in [5, 5.41) is 12.4. The van der Waals surface area contributed by atoms with Crippen molar-refractivity contribution in [2.45, 2.75) is 19.4 Å². The van der Waals surface area contributed by atoms with Gasteiger partial charge in [-0.3, -0.25) is 0 Å². The molecule has 0 atom stereocenters. The second kappa shape index (κ2) is 5.61. The third-order valence-electron chi connectivity index (χ3n) is 3.15. The molecule has 0 aliphatic heterocycles. The van der Waals surface area contributed by atoms with Crippen LogP contribution in [0.2, 0.25) is 5.02 Å². The van der Waals surface area contributed by atoms with Crippen molar-refractivity contribution in [3.05, 3.63) is 39.6 Å². The first-order valence-corrected chi connectivity index (χ1v) is 7.47. The van der Waals surface area contributed by atoms with Crippen LogP contribution in [-0.4, -0.2) is 21.5 Å². The van der Waals surface area contributed by atoms with E-state index >= 15 is 0 Å². The molecule has 1 aliphatic rings. The molecule has 19 heavy (non-hydrogen) atoms. The van der Waals surface area contributed by atoms with Crippen LogP contribution in [0.1, 0.15) is 18.5 Å². The predicted octanol–water partition coefficient (Wildman–Crippen LogP) is 3.18. The highest BCUT2D eigenvalue weighted by atomic mass is 79.9. The maximum Gasteiger partial charge on any atom is 0.0969 e. The molecule has 0 amide bonds. The molecule has 0 saturated heterocycles. The Hall–Kier alpha value is -0.910. The molecule has 1 aromatic carbocycles. The fourth-order valence-electron chi connectivity index (χ4n) is 1.89. The molecule has 100 valence electrons. The van der Waals surface area contributed by atoms with Gasteiger partial charge in [0.05, 0.1) is 27.1 Å². The third kappa shape index (κ3) is 3.16. The van der Waals surface area contributed by atoms with E-state index in [1.54, 1.807) is 4.68 Å². The second-order valence-corrected chi connectivity index (χ2v) is 6.00. The summed E-state index contributed by atoms with van der Waals surface area (Å²) in [7, 11) is 0. The van der Waals surface area contributed by atoms with E-state index in [-0.39, 0.29) is 0 Å². The van der Waals surface area contributed by atoms with Crippen molar-refractivity contribution in [2.75, 3.05) is 6.54 Å². The van der Waals surface area contributed by atoms with E-state index in [9.17, 15) is 0 Å². The van der Waals surface area contributed by atoms with Crippen LogP contribution < -0.4 is 5.32 Å². The summed E-state index contributed by atoms with van der Waals surface area (Å²) >= 11 is 9.55. The maximum absolute atomic E-state index is 6.08. The van der Waals surface area contributed by atoms with Gasteiger partial charge in [0.1, 0.15) is 0 Å². The summed E-state index contributed by atoms with van der Waals surface area (Å²) in [4.78, 5) is 0. The van der Waals surface area contributed by atoms with Gasteiger partial charge >= 0.3 is 0 Å². The number of hydrogen-bond donors (Lipinski definition) is 1. The molecule has 2 aromatic rings. The van der Waals surface area contributed by atoms with E-state index in [2.05, 4.69) is 31.6 Å². The molecule has 0 spiro atoms. The summed E-state index contributed by atoms with van der Waals surface area (Å²) in [6.45, 7) is 1.84. The quantitative estimate of drug-likeness (QED) is 0.908. The van der Waals surface area contributed by atoms with Crippen LogP contribution in [0.5, 0.6) is 0 Å². The first kappa shape index (κ1) is 13.1. The standard InChI is InChI=1S/C13H14BrClN4/c14-13-11(15)2-1-3-12(13)19-8-10(17-18-19)7-16-6-9-4-5-9/h1-3,8-9,16H,4-7H2. The molecule has 6 heteroatoms. The van der Waals surface area contributed by atoms with Crippen molar-refractivity contribution in [1.82, 2.24) is 20.3 Å². The number of benzene rings is 1. The third-order valence-corrected chi connectivity index (χ3v) is 4.53. The van der Waals surface area contributed by atoms with Crippen LogP contribution in [0.4, 0.5) is 0 Å². The molecule has 3 rings (SSSR count). The van der Waals surface area contributed by atoms with E-state index < -0.39 is 0 Å². The minimum absolute atomic E-state index is 0.668. The van der Waals surface area contributed by atoms with Gasteiger partial charge in [0.2, 0.25) is 0 Å². The molecule has 1 N–H and O–H groups in total. The average Bonchev–Trinajstić information content (AvgIpc) is 3.10. The summed E-state index contributed by atoms with van der Waals surface area (Å²) < 4.78 is 2.57. The molecule has 0 radical (unpaired) electrons. The zero-order valence-corrected chi connectivity index (χ0v) is 12.7. The number of rotatable bonds is 5. The van der Waals surface area contributed by atoms with Gasteiger partial charge in [0.15, 0.2) is 0 Å². The van der Waals surface area contributed by atoms with Gasteiger partial charge < -0.3 is 5.32 Å². The SMILES string of the molecule is Clc1cccc(-n2cc(CNCC3CC3)nn2)c1Br. The summed E-state index contributed by atoms with van der Waals surface area (Å²) in [6.07, 6.45) is 4.64. The van der Waals surface area contributed by atoms with Gasteiger partial charge in [0, 0.05) is 6.54 Å². The molecule has 0 bridgehead atoms. The Balaban J connectivity index is 1.70. The van der Waals surface area contributed by atoms with Crippen molar-refractivity contribution in [2.24, 2.45) is 5.92 Å². The zero-order valence-electron chi connectivity index (χ0n) is 10.3. The van der Waals surface area contributed by atoms with Crippen LogP contribution in [-0.2, 0) is 6.54 Å². The lowest BCUT2D eigenvalue weighted by molar-refractivity contribution is 0.628. The van der Waals surface area contributed by atoms with Crippen LogP contribution in [0.15, 0.2) is 28.9 Å². The minimum Gasteiger partial charge on any atom is -0.311 e. The average molecular weight is 342 g/mol. The molecular formula is C13H14BrClN4. The Bertz CT molecular complexity index is 580. The van der Waals surface area contributed by atoms with Gasteiger partial charge in [-0.1, -0.05) is 22.9 Å². The Morgan fingerprint density at radius 1 is 1.42 bits per heavy atom. The Kier molecular flexibility index (Phi) is 3.86. The molecular weight excluding hydrogens is 328 g/mol. The fourth-order valence-corrected chi connectivity index (χ4v) is 2.51. The van der Waals surface area contributed by atoms with Crippen LogP contribution >= 0.6 is 27.5 Å². The second-order valence-electron chi connectivity index (χ2n) is 4.80. The Morgan fingerprint density at radius 2 is 2.26 bits per heavy atom. The minimum atomic E-state index is 0.668. The van der Waals surface area contributed by atoms with Crippen molar-refractivity contribution in [1.29, 1.82) is 0 Å². The van der Waals surface area contributed by atoms with Crippen LogP contribution in [0, 0.1) is 5.92 Å². The van der Waals surface area contributed by atoms with E-state index in [0.29, 0.717) is 5.02 Å². The van der Waals surface area contributed by atoms with E-state index in [4.69, 9.17) is 11.6 Å². The molecule has 1 saturated carbocycles. The first-order valence-electron chi connectivity index (χ1n) is 6.30. The topological polar surface area (TPSA) is 42.7 Å². The number of nitrogens with zero attached hydrogens (tertiary/aromatic N) is 3. The maximum atomic E-state index is 6.08. The molecule has 0 unspecified atom stereocenters. The lowest BCUT2D eigenvalue weighted by Gasteiger charge is -2.04. The van der Waals surface area contributed by atoms with Crippen molar-refractivity contribution in [3.63, 3.8) is 0 Å². The smallest absolute Gasteiger partial charge is 0.0969 e. The molecule has 1 heterocycles. The molecule has 4 nitrogen and oxygen atoms in total. The van der Waals surface area contributed by atoms with E-state index in [1.165, 1.54) is 12.8 Å². The van der Waals surface area contributed by atoms with Crippen LogP contribution in [0.3, 0.4) is 0 Å². The summed E-state index contributed by atoms with van der Waals surface area (Å²) in [5.41, 5.74) is 1.83. The molecule has 1 fully saturated rings. The Labute approximate surface area is 125 Å². The molecule has 1 aromatic heterocycles. The van der Waals surface area contributed by atoms with Crippen molar-refractivity contribution >= 4 is 27.5 Å². The molecule has 1 aliphatic carbocycles.